The molecule has 0 aliphatic rings. The van der Waals surface area contributed by atoms with Crippen LogP contribution < -0.4 is 5.32 Å². The molecule has 0 spiro atoms. The fourth-order valence-electron chi connectivity index (χ4n) is 1.81. The maximum Gasteiger partial charge on any atom is 0.419 e. The Balaban J connectivity index is 2.64. The Morgan fingerprint density at radius 1 is 1.29 bits per heavy atom. The summed E-state index contributed by atoms with van der Waals surface area (Å²) in [6.45, 7) is 7.49. The lowest BCUT2D eigenvalue weighted by molar-refractivity contribution is -0.138. The predicted octanol–water partition coefficient (Wildman–Crippen LogP) is 3.55. The molecule has 0 saturated carbocycles. The van der Waals surface area contributed by atoms with E-state index in [0.717, 1.165) is 0 Å². The van der Waals surface area contributed by atoms with Crippen molar-refractivity contribution in [3.8, 4) is 0 Å². The first kappa shape index (κ1) is 20.0. The quantitative estimate of drug-likeness (QED) is 0.881. The van der Waals surface area contributed by atoms with Crippen molar-refractivity contribution >= 4 is 12.0 Å². The van der Waals surface area contributed by atoms with Gasteiger partial charge in [0.15, 0.2) is 0 Å². The van der Waals surface area contributed by atoms with Gasteiger partial charge in [0.25, 0.3) is 0 Å². The van der Waals surface area contributed by atoms with Crippen LogP contribution in [0, 0.1) is 0 Å². The number of carbonyl (C=O) groups excluding carboxylic acids is 1. The minimum absolute atomic E-state index is 0.0686. The van der Waals surface area contributed by atoms with Gasteiger partial charge in [0.05, 0.1) is 11.6 Å². The standard InChI is InChI=1S/C15H23F3N4O2/c1-6-11(22(5)13(23)24-14(2,3)4)9-21-12-19-7-10(8-20-12)15(16,17)18/h7-8,11H,6,9H2,1-5H3,(H,19,20,21). The van der Waals surface area contributed by atoms with Crippen LogP contribution in [-0.2, 0) is 10.9 Å². The topological polar surface area (TPSA) is 67.4 Å². The number of nitrogens with one attached hydrogen (secondary N) is 1. The zero-order chi connectivity index (χ0) is 18.5. The molecule has 0 bridgehead atoms. The van der Waals surface area contributed by atoms with E-state index in [2.05, 4.69) is 15.3 Å². The van der Waals surface area contributed by atoms with Crippen LogP contribution in [0.5, 0.6) is 0 Å². The Kier molecular flexibility index (Phi) is 6.39. The molecule has 1 atom stereocenters. The van der Waals surface area contributed by atoms with Gasteiger partial charge in [-0.25, -0.2) is 14.8 Å². The van der Waals surface area contributed by atoms with Crippen LogP contribution in [-0.4, -0.2) is 46.2 Å². The summed E-state index contributed by atoms with van der Waals surface area (Å²) in [7, 11) is 1.61. The Labute approximate surface area is 139 Å². The van der Waals surface area contributed by atoms with Gasteiger partial charge in [0.1, 0.15) is 5.60 Å². The molecule has 1 rings (SSSR count). The number of carbonyl (C=O) groups is 1. The molecule has 6 nitrogen and oxygen atoms in total. The van der Waals surface area contributed by atoms with Gasteiger partial charge in [-0.15, -0.1) is 0 Å². The number of rotatable bonds is 5. The summed E-state index contributed by atoms with van der Waals surface area (Å²) >= 11 is 0. The van der Waals surface area contributed by atoms with E-state index in [0.29, 0.717) is 18.8 Å². The van der Waals surface area contributed by atoms with Gasteiger partial charge >= 0.3 is 12.3 Å². The third-order valence-electron chi connectivity index (χ3n) is 3.18. The number of amides is 1. The largest absolute Gasteiger partial charge is 0.444 e. The van der Waals surface area contributed by atoms with Crippen LogP contribution in [0.2, 0.25) is 0 Å². The van der Waals surface area contributed by atoms with Crippen LogP contribution in [0.15, 0.2) is 12.4 Å². The van der Waals surface area contributed by atoms with E-state index in [1.54, 1.807) is 27.8 Å². The second-order valence-electron chi connectivity index (χ2n) is 6.33. The molecule has 1 aromatic heterocycles. The van der Waals surface area contributed by atoms with Gasteiger partial charge in [-0.05, 0) is 27.2 Å². The first-order chi connectivity index (χ1) is 10.9. The summed E-state index contributed by atoms with van der Waals surface area (Å²) in [6.07, 6.45) is -2.88. The molecule has 1 unspecified atom stereocenters. The van der Waals surface area contributed by atoms with Gasteiger partial charge in [0.2, 0.25) is 5.95 Å². The monoisotopic (exact) mass is 348 g/mol. The summed E-state index contributed by atoms with van der Waals surface area (Å²) in [5.41, 5.74) is -1.51. The van der Waals surface area contributed by atoms with E-state index in [9.17, 15) is 18.0 Å². The molecule has 1 heterocycles. The Bertz CT molecular complexity index is 541. The van der Waals surface area contributed by atoms with Gasteiger partial charge in [0, 0.05) is 26.0 Å². The summed E-state index contributed by atoms with van der Waals surface area (Å²) in [4.78, 5) is 20.8. The van der Waals surface area contributed by atoms with Crippen molar-refractivity contribution in [3.05, 3.63) is 18.0 Å². The summed E-state index contributed by atoms with van der Waals surface area (Å²) in [6, 6.07) is -0.217. The Morgan fingerprint density at radius 2 is 1.83 bits per heavy atom. The SMILES string of the molecule is CCC(CNc1ncc(C(F)(F)F)cn1)N(C)C(=O)OC(C)(C)C. The maximum atomic E-state index is 12.5. The second kappa shape index (κ2) is 7.67. The second-order valence-corrected chi connectivity index (χ2v) is 6.33. The zero-order valence-electron chi connectivity index (χ0n) is 14.4. The number of anilines is 1. The normalized spacial score (nSPS) is 13.3. The first-order valence-corrected chi connectivity index (χ1v) is 7.53. The van der Waals surface area contributed by atoms with Gasteiger partial charge < -0.3 is 15.0 Å². The Morgan fingerprint density at radius 3 is 2.25 bits per heavy atom. The lowest BCUT2D eigenvalue weighted by atomic mass is 10.2. The molecule has 1 aromatic rings. The van der Waals surface area contributed by atoms with Crippen molar-refractivity contribution in [2.24, 2.45) is 0 Å². The highest BCUT2D eigenvalue weighted by Crippen LogP contribution is 2.28. The molecule has 1 amide bonds. The number of nitrogens with zero attached hydrogens (tertiary/aromatic N) is 3. The molecular formula is C15H23F3N4O2. The van der Waals surface area contributed by atoms with Crippen molar-refractivity contribution < 1.29 is 22.7 Å². The van der Waals surface area contributed by atoms with E-state index < -0.39 is 23.4 Å². The third-order valence-corrected chi connectivity index (χ3v) is 3.18. The van der Waals surface area contributed by atoms with Gasteiger partial charge in [-0.2, -0.15) is 13.2 Å². The molecule has 1 N–H and O–H groups in total. The molecule has 0 aliphatic carbocycles. The molecule has 136 valence electrons. The van der Waals surface area contributed by atoms with Crippen molar-refractivity contribution in [3.63, 3.8) is 0 Å². The number of hydrogen-bond acceptors (Lipinski definition) is 5. The number of hydrogen-bond donors (Lipinski definition) is 1. The van der Waals surface area contributed by atoms with Crippen molar-refractivity contribution in [1.29, 1.82) is 0 Å². The smallest absolute Gasteiger partial charge is 0.419 e. The first-order valence-electron chi connectivity index (χ1n) is 7.53. The molecule has 24 heavy (non-hydrogen) atoms. The molecule has 9 heteroatoms. The zero-order valence-corrected chi connectivity index (χ0v) is 14.4. The molecule has 0 saturated heterocycles. The van der Waals surface area contributed by atoms with Crippen LogP contribution in [0.4, 0.5) is 23.9 Å². The van der Waals surface area contributed by atoms with Gasteiger partial charge in [-0.1, -0.05) is 6.92 Å². The van der Waals surface area contributed by atoms with E-state index in [4.69, 9.17) is 4.74 Å². The fourth-order valence-corrected chi connectivity index (χ4v) is 1.81. The molecule has 0 aromatic carbocycles. The average molecular weight is 348 g/mol. The van der Waals surface area contributed by atoms with Crippen molar-refractivity contribution in [2.75, 3.05) is 18.9 Å². The third kappa shape index (κ3) is 6.21. The number of alkyl halides is 3. The van der Waals surface area contributed by atoms with Crippen molar-refractivity contribution in [2.45, 2.75) is 51.9 Å². The highest BCUT2D eigenvalue weighted by atomic mass is 19.4. The van der Waals surface area contributed by atoms with E-state index in [1.165, 1.54) is 4.90 Å². The molecular weight excluding hydrogens is 325 g/mol. The number of likely N-dealkylation sites (N-methyl/N-ethyl adjacent to an activating group) is 1. The maximum absolute atomic E-state index is 12.5. The predicted molar refractivity (Wildman–Crippen MR) is 83.6 cm³/mol. The van der Waals surface area contributed by atoms with Crippen LogP contribution in [0.25, 0.3) is 0 Å². The van der Waals surface area contributed by atoms with Crippen LogP contribution >= 0.6 is 0 Å². The highest BCUT2D eigenvalue weighted by Gasteiger charge is 2.31. The minimum Gasteiger partial charge on any atom is -0.444 e. The lowest BCUT2D eigenvalue weighted by Gasteiger charge is -2.30. The highest BCUT2D eigenvalue weighted by molar-refractivity contribution is 5.68. The van der Waals surface area contributed by atoms with Crippen LogP contribution in [0.1, 0.15) is 39.7 Å². The Hall–Kier alpha value is -2.06. The minimum atomic E-state index is -4.47. The van der Waals surface area contributed by atoms with E-state index in [1.807, 2.05) is 6.92 Å². The van der Waals surface area contributed by atoms with Crippen molar-refractivity contribution in [1.82, 2.24) is 14.9 Å². The number of aromatic nitrogens is 2. The summed E-state index contributed by atoms with van der Waals surface area (Å²) in [5.74, 6) is 0.0686. The van der Waals surface area contributed by atoms with E-state index in [-0.39, 0.29) is 18.5 Å². The lowest BCUT2D eigenvalue weighted by Crippen LogP contribution is -2.43. The molecule has 0 radical (unpaired) electrons. The number of halogens is 3. The van der Waals surface area contributed by atoms with Gasteiger partial charge in [-0.3, -0.25) is 0 Å². The van der Waals surface area contributed by atoms with Crippen LogP contribution in [0.3, 0.4) is 0 Å². The molecule has 0 aliphatic heterocycles. The van der Waals surface area contributed by atoms with E-state index >= 15 is 0 Å². The number of ether oxygens (including phenoxy) is 1. The summed E-state index contributed by atoms with van der Waals surface area (Å²) in [5, 5.41) is 2.83. The molecule has 0 fully saturated rings. The fraction of sp³-hybridized carbons (Fsp3) is 0.667. The average Bonchev–Trinajstić information content (AvgIpc) is 2.45. The summed E-state index contributed by atoms with van der Waals surface area (Å²) < 4.78 is 42.7.